The molecule has 1 saturated heterocycles. The van der Waals surface area contributed by atoms with Crippen LogP contribution in [-0.4, -0.2) is 56.7 Å². The van der Waals surface area contributed by atoms with Crippen molar-refractivity contribution in [3.05, 3.63) is 35.3 Å². The van der Waals surface area contributed by atoms with Gasteiger partial charge in [-0.1, -0.05) is 20.8 Å². The predicted molar refractivity (Wildman–Crippen MR) is 98.9 cm³/mol. The lowest BCUT2D eigenvalue weighted by atomic mass is 9.94. The van der Waals surface area contributed by atoms with Crippen molar-refractivity contribution >= 4 is 5.91 Å². The Hall–Kier alpha value is -2.15. The third kappa shape index (κ3) is 4.15. The number of hydrogen-bond donors (Lipinski definition) is 0. The van der Waals surface area contributed by atoms with Crippen molar-refractivity contribution in [3.8, 4) is 0 Å². The van der Waals surface area contributed by atoms with E-state index in [-0.39, 0.29) is 11.3 Å². The smallest absolute Gasteiger partial charge is 0.272 e. The summed E-state index contributed by atoms with van der Waals surface area (Å²) in [5.74, 6) is 1.71. The highest BCUT2D eigenvalue weighted by molar-refractivity contribution is 5.92. The Morgan fingerprint density at radius 2 is 2.00 bits per heavy atom. The summed E-state index contributed by atoms with van der Waals surface area (Å²) in [5.41, 5.74) is 1.48. The average molecular weight is 359 g/mol. The number of oxazole rings is 1. The predicted octanol–water partition coefficient (Wildman–Crippen LogP) is 2.36. The molecule has 0 aromatic carbocycles. The number of aryl methyl sites for hydroxylation is 2. The van der Waals surface area contributed by atoms with Gasteiger partial charge in [-0.25, -0.2) is 4.98 Å². The van der Waals surface area contributed by atoms with E-state index < -0.39 is 0 Å². The van der Waals surface area contributed by atoms with Crippen LogP contribution in [0.2, 0.25) is 0 Å². The van der Waals surface area contributed by atoms with Crippen LogP contribution in [0, 0.1) is 6.92 Å². The van der Waals surface area contributed by atoms with E-state index in [0.717, 1.165) is 43.4 Å². The molecule has 0 bridgehead atoms. The maximum Gasteiger partial charge on any atom is 0.272 e. The molecule has 2 aromatic rings. The van der Waals surface area contributed by atoms with E-state index in [0.29, 0.717) is 18.8 Å². The first-order chi connectivity index (χ1) is 12.2. The van der Waals surface area contributed by atoms with Crippen LogP contribution in [0.1, 0.15) is 55.0 Å². The van der Waals surface area contributed by atoms with Crippen LogP contribution in [0.3, 0.4) is 0 Å². The van der Waals surface area contributed by atoms with E-state index in [4.69, 9.17) is 4.42 Å². The van der Waals surface area contributed by atoms with Gasteiger partial charge in [0, 0.05) is 38.6 Å². The highest BCUT2D eigenvalue weighted by atomic mass is 16.4. The van der Waals surface area contributed by atoms with Gasteiger partial charge >= 0.3 is 0 Å². The Kier molecular flexibility index (Phi) is 5.18. The summed E-state index contributed by atoms with van der Waals surface area (Å²) >= 11 is 0. The first kappa shape index (κ1) is 18.6. The lowest BCUT2D eigenvalue weighted by molar-refractivity contribution is 0.0749. The quantitative estimate of drug-likeness (QED) is 0.842. The van der Waals surface area contributed by atoms with Crippen LogP contribution in [0.15, 0.2) is 16.7 Å². The van der Waals surface area contributed by atoms with Crippen molar-refractivity contribution in [2.45, 2.75) is 46.1 Å². The Labute approximate surface area is 155 Å². The summed E-state index contributed by atoms with van der Waals surface area (Å²) in [4.78, 5) is 21.4. The molecule has 0 aliphatic carbocycles. The molecular weight excluding hydrogens is 330 g/mol. The number of hydrogen-bond acceptors (Lipinski definition) is 5. The Morgan fingerprint density at radius 3 is 2.62 bits per heavy atom. The van der Waals surface area contributed by atoms with E-state index in [1.807, 2.05) is 31.1 Å². The van der Waals surface area contributed by atoms with Gasteiger partial charge in [-0.2, -0.15) is 5.10 Å². The molecule has 0 unspecified atom stereocenters. The van der Waals surface area contributed by atoms with E-state index >= 15 is 0 Å². The fourth-order valence-corrected chi connectivity index (χ4v) is 3.23. The maximum absolute atomic E-state index is 12.8. The molecule has 7 heteroatoms. The summed E-state index contributed by atoms with van der Waals surface area (Å²) in [5, 5.41) is 4.28. The highest BCUT2D eigenvalue weighted by Gasteiger charge is 2.24. The molecule has 1 aliphatic rings. The second-order valence-corrected chi connectivity index (χ2v) is 8.08. The molecule has 3 heterocycles. The first-order valence-corrected chi connectivity index (χ1v) is 9.21. The molecule has 3 rings (SSSR count). The van der Waals surface area contributed by atoms with E-state index in [1.54, 1.807) is 4.68 Å². The van der Waals surface area contributed by atoms with Crippen molar-refractivity contribution in [2.75, 3.05) is 26.2 Å². The van der Waals surface area contributed by atoms with Crippen LogP contribution >= 0.6 is 0 Å². The fraction of sp³-hybridized carbons (Fsp3) is 0.632. The zero-order valence-electron chi connectivity index (χ0n) is 16.4. The lowest BCUT2D eigenvalue weighted by Crippen LogP contribution is -2.36. The average Bonchev–Trinajstić information content (AvgIpc) is 3.07. The van der Waals surface area contributed by atoms with Gasteiger partial charge in [0.15, 0.2) is 0 Å². The second-order valence-electron chi connectivity index (χ2n) is 8.08. The van der Waals surface area contributed by atoms with Crippen LogP contribution in [0.5, 0.6) is 0 Å². The summed E-state index contributed by atoms with van der Waals surface area (Å²) in [6, 6.07) is 1.85. The third-order valence-corrected chi connectivity index (χ3v) is 4.75. The number of carbonyl (C=O) groups excluding carboxylic acids is 1. The second kappa shape index (κ2) is 7.23. The molecule has 142 valence electrons. The molecule has 0 spiro atoms. The van der Waals surface area contributed by atoms with E-state index in [9.17, 15) is 4.79 Å². The zero-order valence-corrected chi connectivity index (χ0v) is 16.4. The van der Waals surface area contributed by atoms with Crippen molar-refractivity contribution < 1.29 is 9.21 Å². The van der Waals surface area contributed by atoms with Gasteiger partial charge < -0.3 is 9.32 Å². The molecule has 0 atom stereocenters. The largest absolute Gasteiger partial charge is 0.444 e. The van der Waals surface area contributed by atoms with E-state index in [2.05, 4.69) is 35.8 Å². The van der Waals surface area contributed by atoms with Crippen LogP contribution in [-0.2, 0) is 19.0 Å². The van der Waals surface area contributed by atoms with Gasteiger partial charge in [0.1, 0.15) is 11.5 Å². The molecule has 1 aliphatic heterocycles. The lowest BCUT2D eigenvalue weighted by Gasteiger charge is -2.21. The van der Waals surface area contributed by atoms with Gasteiger partial charge in [-0.05, 0) is 19.4 Å². The Balaban J connectivity index is 1.60. The minimum absolute atomic E-state index is 0.0332. The van der Waals surface area contributed by atoms with Gasteiger partial charge in [-0.3, -0.25) is 14.4 Å². The summed E-state index contributed by atoms with van der Waals surface area (Å²) < 4.78 is 7.58. The normalized spacial score (nSPS) is 16.7. The number of nitrogens with zero attached hydrogens (tertiary/aromatic N) is 5. The molecule has 26 heavy (non-hydrogen) atoms. The SMILES string of the molecule is Cc1cc(C(=O)N2CCCN(Cc3ncc(C(C)(C)C)o3)CC2)n(C)n1. The van der Waals surface area contributed by atoms with E-state index in [1.165, 1.54) is 0 Å². The van der Waals surface area contributed by atoms with Gasteiger partial charge in [0.2, 0.25) is 5.89 Å². The molecule has 7 nitrogen and oxygen atoms in total. The molecule has 0 radical (unpaired) electrons. The topological polar surface area (TPSA) is 67.4 Å². The summed E-state index contributed by atoms with van der Waals surface area (Å²) in [7, 11) is 1.82. The number of aromatic nitrogens is 3. The fourth-order valence-electron chi connectivity index (χ4n) is 3.23. The molecule has 0 N–H and O–H groups in total. The molecular formula is C19H29N5O2. The summed E-state index contributed by atoms with van der Waals surface area (Å²) in [6.45, 7) is 12.2. The number of carbonyl (C=O) groups is 1. The van der Waals surface area contributed by atoms with Crippen LogP contribution < -0.4 is 0 Å². The minimum atomic E-state index is -0.0332. The Morgan fingerprint density at radius 1 is 1.23 bits per heavy atom. The van der Waals surface area contributed by atoms with Gasteiger partial charge in [-0.15, -0.1) is 0 Å². The molecule has 1 fully saturated rings. The standard InChI is InChI=1S/C19H29N5O2/c1-14-11-15(22(5)21-14)18(25)24-8-6-7-23(9-10-24)13-17-20-12-16(26-17)19(2,3)4/h11-12H,6-10,13H2,1-5H3. The zero-order chi connectivity index (χ0) is 18.9. The highest BCUT2D eigenvalue weighted by Crippen LogP contribution is 2.23. The third-order valence-electron chi connectivity index (χ3n) is 4.75. The van der Waals surface area contributed by atoms with Crippen molar-refractivity contribution in [1.29, 1.82) is 0 Å². The summed E-state index contributed by atoms with van der Waals surface area (Å²) in [6.07, 6.45) is 2.77. The Bertz CT molecular complexity index is 771. The van der Waals surface area contributed by atoms with Crippen LogP contribution in [0.25, 0.3) is 0 Å². The number of rotatable bonds is 3. The maximum atomic E-state index is 12.8. The molecule has 2 aromatic heterocycles. The van der Waals surface area contributed by atoms with Crippen molar-refractivity contribution in [3.63, 3.8) is 0 Å². The minimum Gasteiger partial charge on any atom is -0.444 e. The molecule has 0 saturated carbocycles. The monoisotopic (exact) mass is 359 g/mol. The van der Waals surface area contributed by atoms with Gasteiger partial charge in [0.25, 0.3) is 5.91 Å². The van der Waals surface area contributed by atoms with Crippen LogP contribution in [0.4, 0.5) is 0 Å². The molecule has 1 amide bonds. The van der Waals surface area contributed by atoms with Crippen molar-refractivity contribution in [2.24, 2.45) is 7.05 Å². The van der Waals surface area contributed by atoms with Crippen molar-refractivity contribution in [1.82, 2.24) is 24.6 Å². The first-order valence-electron chi connectivity index (χ1n) is 9.21. The number of amides is 1. The van der Waals surface area contributed by atoms with Gasteiger partial charge in [0.05, 0.1) is 18.4 Å².